The van der Waals surface area contributed by atoms with Crippen molar-refractivity contribution < 1.29 is 9.53 Å². The molecular formula is C21H37Cl2N5O2. The SMILES string of the molecule is CCCCCCCCCCNC(=N)NC(=N)NCc1ccc(C(=O)OC)cc1.Cl.Cl. The first-order valence-electron chi connectivity index (χ1n) is 10.2. The van der Waals surface area contributed by atoms with Crippen molar-refractivity contribution in [1.29, 1.82) is 10.8 Å². The van der Waals surface area contributed by atoms with Crippen LogP contribution in [-0.4, -0.2) is 31.5 Å². The number of carbonyl (C=O) groups is 1. The van der Waals surface area contributed by atoms with E-state index < -0.39 is 0 Å². The van der Waals surface area contributed by atoms with E-state index >= 15 is 0 Å². The molecule has 0 spiro atoms. The molecule has 7 nitrogen and oxygen atoms in total. The highest BCUT2D eigenvalue weighted by Gasteiger charge is 2.05. The van der Waals surface area contributed by atoms with Gasteiger partial charge in [-0.25, -0.2) is 4.79 Å². The Kier molecular flexibility index (Phi) is 19.1. The number of esters is 1. The van der Waals surface area contributed by atoms with Crippen LogP contribution >= 0.6 is 24.8 Å². The molecule has 9 heteroatoms. The molecule has 0 aliphatic heterocycles. The zero-order chi connectivity index (χ0) is 20.6. The van der Waals surface area contributed by atoms with Gasteiger partial charge in [0.05, 0.1) is 12.7 Å². The summed E-state index contributed by atoms with van der Waals surface area (Å²) < 4.78 is 4.66. The lowest BCUT2D eigenvalue weighted by Gasteiger charge is -2.13. The molecule has 0 heterocycles. The van der Waals surface area contributed by atoms with E-state index in [1.165, 1.54) is 52.1 Å². The van der Waals surface area contributed by atoms with Crippen LogP contribution in [0.25, 0.3) is 0 Å². The van der Waals surface area contributed by atoms with Crippen LogP contribution in [0, 0.1) is 10.8 Å². The fraction of sp³-hybridized carbons (Fsp3) is 0.571. The molecule has 5 N–H and O–H groups in total. The number of benzene rings is 1. The van der Waals surface area contributed by atoms with Crippen molar-refractivity contribution in [3.8, 4) is 0 Å². The Bertz CT molecular complexity index is 612. The van der Waals surface area contributed by atoms with Gasteiger partial charge >= 0.3 is 5.97 Å². The zero-order valence-corrected chi connectivity index (χ0v) is 19.6. The van der Waals surface area contributed by atoms with Crippen molar-refractivity contribution in [3.63, 3.8) is 0 Å². The fourth-order valence-corrected chi connectivity index (χ4v) is 2.75. The summed E-state index contributed by atoms with van der Waals surface area (Å²) in [6.45, 7) is 3.40. The molecule has 0 aliphatic rings. The monoisotopic (exact) mass is 461 g/mol. The van der Waals surface area contributed by atoms with Crippen molar-refractivity contribution in [2.24, 2.45) is 0 Å². The molecule has 0 fully saturated rings. The number of unbranched alkanes of at least 4 members (excludes halogenated alkanes) is 7. The van der Waals surface area contributed by atoms with E-state index in [9.17, 15) is 4.79 Å². The molecule has 0 unspecified atom stereocenters. The van der Waals surface area contributed by atoms with E-state index in [0.29, 0.717) is 12.1 Å². The predicted octanol–water partition coefficient (Wildman–Crippen LogP) is 4.60. The van der Waals surface area contributed by atoms with E-state index in [0.717, 1.165) is 18.5 Å². The lowest BCUT2D eigenvalue weighted by atomic mass is 10.1. The third kappa shape index (κ3) is 14.1. The highest BCUT2D eigenvalue weighted by molar-refractivity contribution is 5.95. The van der Waals surface area contributed by atoms with Crippen molar-refractivity contribution in [3.05, 3.63) is 35.4 Å². The summed E-state index contributed by atoms with van der Waals surface area (Å²) in [4.78, 5) is 11.4. The van der Waals surface area contributed by atoms with E-state index in [1.54, 1.807) is 24.3 Å². The Morgan fingerprint density at radius 2 is 1.40 bits per heavy atom. The Labute approximate surface area is 193 Å². The van der Waals surface area contributed by atoms with Crippen LogP contribution < -0.4 is 16.0 Å². The van der Waals surface area contributed by atoms with Gasteiger partial charge in [0.1, 0.15) is 0 Å². The largest absolute Gasteiger partial charge is 0.465 e. The lowest BCUT2D eigenvalue weighted by Crippen LogP contribution is -2.45. The van der Waals surface area contributed by atoms with Crippen LogP contribution in [-0.2, 0) is 11.3 Å². The number of hydrogen-bond acceptors (Lipinski definition) is 4. The minimum absolute atomic E-state index is 0. The molecule has 0 aromatic heterocycles. The highest BCUT2D eigenvalue weighted by Crippen LogP contribution is 2.08. The number of rotatable bonds is 12. The van der Waals surface area contributed by atoms with Crippen molar-refractivity contribution >= 4 is 42.7 Å². The van der Waals surface area contributed by atoms with Crippen LogP contribution in [0.5, 0.6) is 0 Å². The molecule has 1 aromatic rings. The fourth-order valence-electron chi connectivity index (χ4n) is 2.75. The first-order chi connectivity index (χ1) is 13.6. The van der Waals surface area contributed by atoms with Gasteiger partial charge in [-0.3, -0.25) is 16.1 Å². The standard InChI is InChI=1S/C21H35N5O2.2ClH/c1-3-4-5-6-7-8-9-10-15-24-20(22)26-21(23)25-16-17-11-13-18(14-12-17)19(27)28-2;;/h11-14H,3-10,15-16H2,1-2H3,(H5,22,23,24,25,26);2*1H. The molecule has 0 saturated heterocycles. The van der Waals surface area contributed by atoms with Crippen molar-refractivity contribution in [2.75, 3.05) is 13.7 Å². The number of halogens is 2. The van der Waals surface area contributed by atoms with E-state index in [2.05, 4.69) is 27.6 Å². The highest BCUT2D eigenvalue weighted by atomic mass is 35.5. The van der Waals surface area contributed by atoms with Gasteiger partial charge < -0.3 is 15.4 Å². The molecule has 0 atom stereocenters. The first-order valence-corrected chi connectivity index (χ1v) is 10.2. The molecule has 0 bridgehead atoms. The van der Waals surface area contributed by atoms with Crippen molar-refractivity contribution in [2.45, 2.75) is 64.8 Å². The van der Waals surface area contributed by atoms with Crippen LogP contribution in [0.15, 0.2) is 24.3 Å². The smallest absolute Gasteiger partial charge is 0.337 e. The Balaban J connectivity index is 0. The summed E-state index contributed by atoms with van der Waals surface area (Å²) in [5.74, 6) is -0.183. The number of hydrogen-bond donors (Lipinski definition) is 5. The van der Waals surface area contributed by atoms with Crippen LogP contribution in [0.4, 0.5) is 0 Å². The Morgan fingerprint density at radius 1 is 0.867 bits per heavy atom. The number of carbonyl (C=O) groups excluding carboxylic acids is 1. The van der Waals surface area contributed by atoms with Gasteiger partial charge in [-0.2, -0.15) is 0 Å². The maximum Gasteiger partial charge on any atom is 0.337 e. The normalized spacial score (nSPS) is 9.53. The third-order valence-electron chi connectivity index (χ3n) is 4.43. The van der Waals surface area contributed by atoms with Gasteiger partial charge in [0.15, 0.2) is 11.9 Å². The van der Waals surface area contributed by atoms with E-state index in [4.69, 9.17) is 10.8 Å². The molecule has 0 saturated carbocycles. The van der Waals surface area contributed by atoms with Crippen LogP contribution in [0.3, 0.4) is 0 Å². The molecule has 1 aromatic carbocycles. The second-order valence-corrected chi connectivity index (χ2v) is 6.82. The van der Waals surface area contributed by atoms with Crippen LogP contribution in [0.1, 0.15) is 74.2 Å². The minimum atomic E-state index is -0.370. The average molecular weight is 462 g/mol. The second kappa shape index (κ2) is 19.0. The average Bonchev–Trinajstić information content (AvgIpc) is 2.70. The molecular weight excluding hydrogens is 425 g/mol. The Hall–Kier alpha value is -1.99. The van der Waals surface area contributed by atoms with Gasteiger partial charge in [0.2, 0.25) is 0 Å². The summed E-state index contributed by atoms with van der Waals surface area (Å²) in [5, 5.41) is 24.3. The number of methoxy groups -OCH3 is 1. The topological polar surface area (TPSA) is 110 Å². The second-order valence-electron chi connectivity index (χ2n) is 6.82. The van der Waals surface area contributed by atoms with E-state index in [1.807, 2.05) is 0 Å². The first kappa shape index (κ1) is 30.2. The van der Waals surface area contributed by atoms with Gasteiger partial charge in [-0.15, -0.1) is 24.8 Å². The maximum atomic E-state index is 11.4. The molecule has 1 rings (SSSR count). The minimum Gasteiger partial charge on any atom is -0.465 e. The molecule has 0 amide bonds. The van der Waals surface area contributed by atoms with Crippen molar-refractivity contribution in [1.82, 2.24) is 16.0 Å². The summed E-state index contributed by atoms with van der Waals surface area (Å²) >= 11 is 0. The predicted molar refractivity (Wildman–Crippen MR) is 128 cm³/mol. The summed E-state index contributed by atoms with van der Waals surface area (Å²) in [5.41, 5.74) is 1.42. The van der Waals surface area contributed by atoms with E-state index in [-0.39, 0.29) is 42.7 Å². The van der Waals surface area contributed by atoms with Gasteiger partial charge in [-0.05, 0) is 24.1 Å². The summed E-state index contributed by atoms with van der Waals surface area (Å²) in [6.07, 6.45) is 10.0. The summed E-state index contributed by atoms with van der Waals surface area (Å²) in [7, 11) is 1.35. The third-order valence-corrected chi connectivity index (χ3v) is 4.43. The molecule has 30 heavy (non-hydrogen) atoms. The lowest BCUT2D eigenvalue weighted by molar-refractivity contribution is 0.0600. The summed E-state index contributed by atoms with van der Waals surface area (Å²) in [6, 6.07) is 6.98. The van der Waals surface area contributed by atoms with Gasteiger partial charge in [0, 0.05) is 13.1 Å². The van der Waals surface area contributed by atoms with Gasteiger partial charge in [-0.1, -0.05) is 64.0 Å². The number of nitrogens with one attached hydrogen (secondary N) is 5. The molecule has 172 valence electrons. The maximum absolute atomic E-state index is 11.4. The number of guanidine groups is 2. The number of ether oxygens (including phenoxy) is 1. The van der Waals surface area contributed by atoms with Gasteiger partial charge in [0.25, 0.3) is 0 Å². The zero-order valence-electron chi connectivity index (χ0n) is 18.0. The molecule has 0 aliphatic carbocycles. The van der Waals surface area contributed by atoms with Crippen LogP contribution in [0.2, 0.25) is 0 Å². The molecule has 0 radical (unpaired) electrons. The Morgan fingerprint density at radius 3 is 1.97 bits per heavy atom. The quantitative estimate of drug-likeness (QED) is 0.135.